The number of aliphatic hydroxyl groups is 2. The highest BCUT2D eigenvalue weighted by Gasteiger charge is 2.48. The van der Waals surface area contributed by atoms with E-state index in [1.54, 1.807) is 19.1 Å². The van der Waals surface area contributed by atoms with Gasteiger partial charge in [-0.25, -0.2) is 0 Å². The summed E-state index contributed by atoms with van der Waals surface area (Å²) in [5.41, 5.74) is 2.04. The third kappa shape index (κ3) is 13.0. The van der Waals surface area contributed by atoms with Crippen molar-refractivity contribution in [3.63, 3.8) is 0 Å². The summed E-state index contributed by atoms with van der Waals surface area (Å²) >= 11 is 0. The highest BCUT2D eigenvalue weighted by Crippen LogP contribution is 2.35. The molecule has 12 atom stereocenters. The minimum Gasteiger partial charge on any atom is -0.460 e. The van der Waals surface area contributed by atoms with E-state index in [1.165, 1.54) is 5.56 Å². The minimum absolute atomic E-state index is 0.0299. The van der Waals surface area contributed by atoms with Crippen molar-refractivity contribution in [2.24, 2.45) is 17.8 Å². The first-order valence-corrected chi connectivity index (χ1v) is 20.3. The Morgan fingerprint density at radius 1 is 1.00 bits per heavy atom. The van der Waals surface area contributed by atoms with Crippen LogP contribution in [0, 0.1) is 17.8 Å². The summed E-state index contributed by atoms with van der Waals surface area (Å²) in [5, 5.41) is 23.5. The molecule has 3 aliphatic rings. The summed E-state index contributed by atoms with van der Waals surface area (Å²) in [5.74, 6) is -2.42. The second-order valence-electron chi connectivity index (χ2n) is 15.9. The summed E-state index contributed by atoms with van der Waals surface area (Å²) < 4.78 is 31.0. The molecule has 2 fully saturated rings. The first-order valence-electron chi connectivity index (χ1n) is 20.3. The molecule has 1 aromatic rings. The lowest BCUT2D eigenvalue weighted by Crippen LogP contribution is -2.64. The van der Waals surface area contributed by atoms with Crippen LogP contribution in [0.5, 0.6) is 0 Å². The molecule has 0 saturated carbocycles. The van der Waals surface area contributed by atoms with Crippen molar-refractivity contribution in [2.45, 2.75) is 122 Å². The number of ketones is 1. The minimum atomic E-state index is -1.22. The topological polar surface area (TPSA) is 144 Å². The van der Waals surface area contributed by atoms with Crippen molar-refractivity contribution in [1.29, 1.82) is 0 Å². The van der Waals surface area contributed by atoms with Crippen LogP contribution in [-0.4, -0.2) is 140 Å². The predicted octanol–water partition coefficient (Wildman–Crippen LogP) is 4.32. The van der Waals surface area contributed by atoms with Crippen molar-refractivity contribution in [3.8, 4) is 0 Å². The normalized spacial score (nSPS) is 36.2. The number of ether oxygens (including phenoxy) is 5. The highest BCUT2D eigenvalue weighted by atomic mass is 16.7. The summed E-state index contributed by atoms with van der Waals surface area (Å²) in [6.07, 6.45) is 5.50. The van der Waals surface area contributed by atoms with Gasteiger partial charge in [-0.1, -0.05) is 81.0 Å². The molecule has 2 N–H and O–H groups in total. The van der Waals surface area contributed by atoms with E-state index in [-0.39, 0.29) is 31.1 Å². The molecule has 1 aromatic carbocycles. The van der Waals surface area contributed by atoms with Gasteiger partial charge in [0.1, 0.15) is 24.6 Å². The molecule has 56 heavy (non-hydrogen) atoms. The zero-order valence-corrected chi connectivity index (χ0v) is 34.4. The van der Waals surface area contributed by atoms with Crippen LogP contribution in [0.25, 0.3) is 0 Å². The maximum atomic E-state index is 13.6. The van der Waals surface area contributed by atoms with Crippen LogP contribution in [0.4, 0.5) is 0 Å². The van der Waals surface area contributed by atoms with Gasteiger partial charge in [-0.3, -0.25) is 14.5 Å². The monoisotopic (exact) mass is 782 g/mol. The Morgan fingerprint density at radius 2 is 1.71 bits per heavy atom. The zero-order valence-electron chi connectivity index (χ0n) is 34.4. The fraction of sp³-hybridized carbons (Fsp3) is 0.659. The molecule has 0 amide bonds. The average Bonchev–Trinajstić information content (AvgIpc) is 3.18. The van der Waals surface area contributed by atoms with Crippen molar-refractivity contribution in [3.05, 3.63) is 71.8 Å². The van der Waals surface area contributed by atoms with E-state index in [4.69, 9.17) is 23.7 Å². The number of aliphatic hydroxyl groups excluding tert-OH is 2. The lowest BCUT2D eigenvalue weighted by Gasteiger charge is -2.48. The molecule has 0 aliphatic carbocycles. The van der Waals surface area contributed by atoms with Gasteiger partial charge in [-0.15, -0.1) is 0 Å². The maximum absolute atomic E-state index is 13.6. The standard InChI is InChI=1S/C44H66N2O10/c1-8-38-35(46-20-24-52-25-21-46)26-29(2)17-18-36(48)30(3)27-34(19-22-47)42(31(4)37(49)28-39(50)55-38)56-44-41(51)40(45(6)7)43(32(5)54-44)53-23-13-12-16-33-14-10-9-11-15-33/h9-15,17-18,22,26,30-32,34-35,37-38,40-44,49,51H,8,16,19-21,23-25,27-28H2,1-7H3/b13-12+,18-17+,29-26+/t30-,31+,32-,34+,35+,37-,38-,40-,41-,42-,43-,44+/m1/s1. The molecule has 0 bridgehead atoms. The van der Waals surface area contributed by atoms with E-state index in [0.29, 0.717) is 39.3 Å². The molecule has 12 heteroatoms. The second-order valence-corrected chi connectivity index (χ2v) is 15.9. The van der Waals surface area contributed by atoms with Crippen LogP contribution < -0.4 is 0 Å². The number of morpholine rings is 1. The molecular formula is C44H66N2O10. The van der Waals surface area contributed by atoms with Gasteiger partial charge in [-0.2, -0.15) is 0 Å². The Bertz CT molecular complexity index is 1460. The highest BCUT2D eigenvalue weighted by molar-refractivity contribution is 5.91. The van der Waals surface area contributed by atoms with Gasteiger partial charge in [0.05, 0.1) is 56.6 Å². The van der Waals surface area contributed by atoms with Crippen LogP contribution in [0.3, 0.4) is 0 Å². The van der Waals surface area contributed by atoms with E-state index >= 15 is 0 Å². The van der Waals surface area contributed by atoms with Gasteiger partial charge in [-0.05, 0) is 64.8 Å². The number of allylic oxidation sites excluding steroid dienone is 4. The maximum Gasteiger partial charge on any atom is 0.308 e. The van der Waals surface area contributed by atoms with E-state index in [9.17, 15) is 24.6 Å². The Balaban J connectivity index is 1.58. The molecule has 3 heterocycles. The summed E-state index contributed by atoms with van der Waals surface area (Å²) in [6, 6.07) is 9.35. The molecular weight excluding hydrogens is 716 g/mol. The molecule has 312 valence electrons. The molecule has 2 saturated heterocycles. The van der Waals surface area contributed by atoms with Crippen LogP contribution in [0.2, 0.25) is 0 Å². The fourth-order valence-electron chi connectivity index (χ4n) is 8.11. The van der Waals surface area contributed by atoms with Crippen LogP contribution >= 0.6 is 0 Å². The van der Waals surface area contributed by atoms with Crippen LogP contribution in [0.15, 0.2) is 66.3 Å². The van der Waals surface area contributed by atoms with E-state index in [0.717, 1.165) is 18.3 Å². The van der Waals surface area contributed by atoms with Crippen LogP contribution in [-0.2, 0) is 44.5 Å². The van der Waals surface area contributed by atoms with Gasteiger partial charge < -0.3 is 43.6 Å². The number of likely N-dealkylation sites (N-methyl/N-ethyl adjacent to an activating group) is 1. The van der Waals surface area contributed by atoms with E-state index < -0.39 is 72.7 Å². The van der Waals surface area contributed by atoms with Crippen molar-refractivity contribution < 1.29 is 48.3 Å². The first-order chi connectivity index (χ1) is 26.8. The number of hydrogen-bond donors (Lipinski definition) is 2. The quantitative estimate of drug-likeness (QED) is 0.177. The largest absolute Gasteiger partial charge is 0.460 e. The lowest BCUT2D eigenvalue weighted by atomic mass is 9.79. The third-order valence-corrected chi connectivity index (χ3v) is 11.4. The molecule has 0 aromatic heterocycles. The van der Waals surface area contributed by atoms with Gasteiger partial charge in [0.25, 0.3) is 0 Å². The Kier molecular flexibility index (Phi) is 18.5. The van der Waals surface area contributed by atoms with Gasteiger partial charge in [0.2, 0.25) is 0 Å². The third-order valence-electron chi connectivity index (χ3n) is 11.4. The number of carbonyl (C=O) groups is 3. The number of carbonyl (C=O) groups excluding carboxylic acids is 3. The van der Waals surface area contributed by atoms with Gasteiger partial charge >= 0.3 is 5.97 Å². The van der Waals surface area contributed by atoms with E-state index in [1.807, 2.05) is 83.1 Å². The number of aldehydes is 1. The van der Waals surface area contributed by atoms with Gasteiger partial charge in [0, 0.05) is 31.3 Å². The molecule has 12 nitrogen and oxygen atoms in total. The lowest BCUT2D eigenvalue weighted by molar-refractivity contribution is -0.308. The number of benzene rings is 1. The van der Waals surface area contributed by atoms with E-state index in [2.05, 4.69) is 17.0 Å². The SMILES string of the molecule is CC[C@H]1OC(=O)C[C@@H](O)[C@H](C)[C@@H](O[C@@H]2O[C@H](C)[C@@H](OC/C=C/Cc3ccccc3)[C@H](N(C)C)[C@H]2O)[C@@H](CC=O)C[C@@H](C)C(=O)/C=C/C(C)=C/[C@@H]1N1CCOCC1. The fourth-order valence-corrected chi connectivity index (χ4v) is 8.11. The Labute approximate surface area is 333 Å². The number of rotatable bonds is 12. The van der Waals surface area contributed by atoms with Crippen molar-refractivity contribution in [1.82, 2.24) is 9.80 Å². The summed E-state index contributed by atoms with van der Waals surface area (Å²) in [7, 11) is 3.71. The first kappa shape index (κ1) is 45.6. The number of esters is 1. The number of cyclic esters (lactones) is 1. The smallest absolute Gasteiger partial charge is 0.308 e. The molecule has 0 spiro atoms. The van der Waals surface area contributed by atoms with Crippen LogP contribution in [0.1, 0.15) is 65.9 Å². The molecule has 4 rings (SSSR count). The van der Waals surface area contributed by atoms with Crippen molar-refractivity contribution in [2.75, 3.05) is 47.0 Å². The average molecular weight is 783 g/mol. The number of nitrogens with zero attached hydrogens (tertiary/aromatic N) is 2. The Morgan fingerprint density at radius 3 is 2.38 bits per heavy atom. The molecule has 0 unspecified atom stereocenters. The Hall–Kier alpha value is -3.07. The molecule has 0 radical (unpaired) electrons. The zero-order chi connectivity index (χ0) is 40.8. The number of hydrogen-bond acceptors (Lipinski definition) is 12. The van der Waals surface area contributed by atoms with Crippen molar-refractivity contribution >= 4 is 18.0 Å². The summed E-state index contributed by atoms with van der Waals surface area (Å²) in [4.78, 5) is 43.4. The summed E-state index contributed by atoms with van der Waals surface area (Å²) in [6.45, 7) is 12.1. The molecule has 3 aliphatic heterocycles. The predicted molar refractivity (Wildman–Crippen MR) is 214 cm³/mol. The van der Waals surface area contributed by atoms with Gasteiger partial charge in [0.15, 0.2) is 12.1 Å². The second kappa shape index (κ2) is 22.8.